The number of nitrogens with one attached hydrogen (secondary N) is 2. The zero-order valence-electron chi connectivity index (χ0n) is 11.9. The minimum absolute atomic E-state index is 0.612. The van der Waals surface area contributed by atoms with E-state index in [2.05, 4.69) is 46.1 Å². The first-order chi connectivity index (χ1) is 10.4. The average molecular weight is 297 g/mol. The first-order valence-corrected chi connectivity index (χ1v) is 8.57. The molecule has 2 aromatic heterocycles. The van der Waals surface area contributed by atoms with Crippen LogP contribution in [0.3, 0.4) is 0 Å². The Labute approximate surface area is 128 Å². The lowest BCUT2D eigenvalue weighted by atomic mass is 9.96. The summed E-state index contributed by atoms with van der Waals surface area (Å²) in [5.41, 5.74) is 3.43. The fraction of sp³-hybridized carbons (Fsp3) is 0.353. The van der Waals surface area contributed by atoms with Crippen LogP contribution >= 0.6 is 11.3 Å². The summed E-state index contributed by atoms with van der Waals surface area (Å²) >= 11 is 1.71. The summed E-state index contributed by atoms with van der Waals surface area (Å²) in [6.07, 6.45) is 8.70. The minimum atomic E-state index is 0.612. The fourth-order valence-corrected chi connectivity index (χ4v) is 3.96. The van der Waals surface area contributed by atoms with Crippen molar-refractivity contribution in [3.05, 3.63) is 35.8 Å². The quantitative estimate of drug-likeness (QED) is 0.711. The Morgan fingerprint density at radius 1 is 1.14 bits per heavy atom. The third-order valence-electron chi connectivity index (χ3n) is 4.30. The number of anilines is 1. The molecule has 3 nitrogen and oxygen atoms in total. The van der Waals surface area contributed by atoms with Gasteiger partial charge in [-0.15, -0.1) is 11.3 Å². The SMILES string of the molecule is c1ccc2c(-c3csc(NC4CCCCC4)n3)c[nH]c2c1. The standard InChI is InChI=1S/C17H19N3S/c1-2-6-12(7-3-1)19-17-20-16(11-21-17)14-10-18-15-9-5-4-8-13(14)15/h4-5,8-12,18H,1-3,6-7H2,(H,19,20). The second-order valence-electron chi connectivity index (χ2n) is 5.77. The molecule has 1 aromatic carbocycles. The molecule has 0 saturated heterocycles. The third kappa shape index (κ3) is 2.56. The number of hydrogen-bond acceptors (Lipinski definition) is 3. The maximum Gasteiger partial charge on any atom is 0.183 e. The number of aromatic nitrogens is 2. The van der Waals surface area contributed by atoms with Gasteiger partial charge in [-0.25, -0.2) is 4.98 Å². The van der Waals surface area contributed by atoms with E-state index >= 15 is 0 Å². The summed E-state index contributed by atoms with van der Waals surface area (Å²) < 4.78 is 0. The van der Waals surface area contributed by atoms with E-state index in [1.165, 1.54) is 48.6 Å². The van der Waals surface area contributed by atoms with Crippen molar-refractivity contribution >= 4 is 27.4 Å². The van der Waals surface area contributed by atoms with E-state index in [0.717, 1.165) is 10.8 Å². The zero-order valence-corrected chi connectivity index (χ0v) is 12.7. The predicted molar refractivity (Wildman–Crippen MR) is 89.9 cm³/mol. The molecule has 0 atom stereocenters. The van der Waals surface area contributed by atoms with Crippen molar-refractivity contribution in [2.45, 2.75) is 38.1 Å². The molecule has 1 aliphatic rings. The van der Waals surface area contributed by atoms with Crippen LogP contribution < -0.4 is 5.32 Å². The molecule has 0 aliphatic heterocycles. The number of hydrogen-bond donors (Lipinski definition) is 2. The van der Waals surface area contributed by atoms with E-state index in [1.807, 2.05) is 0 Å². The lowest BCUT2D eigenvalue weighted by molar-refractivity contribution is 0.462. The van der Waals surface area contributed by atoms with E-state index < -0.39 is 0 Å². The van der Waals surface area contributed by atoms with Gasteiger partial charge >= 0.3 is 0 Å². The van der Waals surface area contributed by atoms with Gasteiger partial charge in [0.25, 0.3) is 0 Å². The summed E-state index contributed by atoms with van der Waals surface area (Å²) in [5.74, 6) is 0. The van der Waals surface area contributed by atoms with Gasteiger partial charge in [-0.1, -0.05) is 37.5 Å². The van der Waals surface area contributed by atoms with Crippen LogP contribution in [0.1, 0.15) is 32.1 Å². The maximum absolute atomic E-state index is 4.78. The fourth-order valence-electron chi connectivity index (χ4n) is 3.17. The second-order valence-corrected chi connectivity index (χ2v) is 6.62. The first kappa shape index (κ1) is 12.9. The van der Waals surface area contributed by atoms with Crippen LogP contribution in [0.15, 0.2) is 35.8 Å². The highest BCUT2D eigenvalue weighted by Gasteiger charge is 2.15. The summed E-state index contributed by atoms with van der Waals surface area (Å²) in [6.45, 7) is 0. The van der Waals surface area contributed by atoms with Crippen molar-refractivity contribution in [3.63, 3.8) is 0 Å². The number of rotatable bonds is 3. The monoisotopic (exact) mass is 297 g/mol. The third-order valence-corrected chi connectivity index (χ3v) is 5.08. The topological polar surface area (TPSA) is 40.7 Å². The molecule has 0 bridgehead atoms. The Hall–Kier alpha value is -1.81. The van der Waals surface area contributed by atoms with Gasteiger partial charge in [0, 0.05) is 34.1 Å². The summed E-state index contributed by atoms with van der Waals surface area (Å²) in [7, 11) is 0. The Morgan fingerprint density at radius 3 is 2.90 bits per heavy atom. The Morgan fingerprint density at radius 2 is 2.00 bits per heavy atom. The van der Waals surface area contributed by atoms with Gasteiger partial charge in [-0.3, -0.25) is 0 Å². The molecule has 21 heavy (non-hydrogen) atoms. The molecule has 0 spiro atoms. The number of fused-ring (bicyclic) bond motifs is 1. The highest BCUT2D eigenvalue weighted by Crippen LogP contribution is 2.32. The number of H-pyrrole nitrogens is 1. The van der Waals surface area contributed by atoms with Crippen LogP contribution in [0, 0.1) is 0 Å². The van der Waals surface area contributed by atoms with Crippen molar-refractivity contribution in [1.82, 2.24) is 9.97 Å². The molecular formula is C17H19N3S. The predicted octanol–water partition coefficient (Wildman–Crippen LogP) is 5.04. The van der Waals surface area contributed by atoms with Gasteiger partial charge in [-0.2, -0.15) is 0 Å². The molecule has 1 aliphatic carbocycles. The van der Waals surface area contributed by atoms with Crippen LogP contribution in [-0.2, 0) is 0 Å². The first-order valence-electron chi connectivity index (χ1n) is 7.69. The van der Waals surface area contributed by atoms with Crippen molar-refractivity contribution < 1.29 is 0 Å². The number of nitrogens with zero attached hydrogens (tertiary/aromatic N) is 1. The molecule has 4 rings (SSSR count). The highest BCUT2D eigenvalue weighted by molar-refractivity contribution is 7.14. The second kappa shape index (κ2) is 5.53. The Balaban J connectivity index is 1.59. The molecule has 0 radical (unpaired) electrons. The summed E-state index contributed by atoms with van der Waals surface area (Å²) in [6, 6.07) is 8.99. The maximum atomic E-state index is 4.78. The minimum Gasteiger partial charge on any atom is -0.360 e. The van der Waals surface area contributed by atoms with Crippen LogP contribution in [0.5, 0.6) is 0 Å². The van der Waals surface area contributed by atoms with Gasteiger partial charge in [0.15, 0.2) is 5.13 Å². The highest BCUT2D eigenvalue weighted by atomic mass is 32.1. The van der Waals surface area contributed by atoms with Gasteiger partial charge in [0.2, 0.25) is 0 Å². The van der Waals surface area contributed by atoms with Gasteiger partial charge in [0.1, 0.15) is 0 Å². The van der Waals surface area contributed by atoms with E-state index in [1.54, 1.807) is 11.3 Å². The van der Waals surface area contributed by atoms with Crippen molar-refractivity contribution in [2.24, 2.45) is 0 Å². The molecule has 3 aromatic rings. The summed E-state index contributed by atoms with van der Waals surface area (Å²) in [4.78, 5) is 8.11. The zero-order chi connectivity index (χ0) is 14.1. The molecule has 0 amide bonds. The molecule has 108 valence electrons. The number of para-hydroxylation sites is 1. The normalized spacial score (nSPS) is 16.4. The number of thiazole rings is 1. The largest absolute Gasteiger partial charge is 0.360 e. The van der Waals surface area contributed by atoms with Crippen LogP contribution in [-0.4, -0.2) is 16.0 Å². The van der Waals surface area contributed by atoms with E-state index in [9.17, 15) is 0 Å². The lowest BCUT2D eigenvalue weighted by Crippen LogP contribution is -2.21. The van der Waals surface area contributed by atoms with E-state index in [-0.39, 0.29) is 0 Å². The molecule has 2 heterocycles. The average Bonchev–Trinajstić information content (AvgIpc) is 3.14. The van der Waals surface area contributed by atoms with Crippen molar-refractivity contribution in [2.75, 3.05) is 5.32 Å². The van der Waals surface area contributed by atoms with Gasteiger partial charge < -0.3 is 10.3 Å². The molecule has 1 saturated carbocycles. The van der Waals surface area contributed by atoms with Crippen molar-refractivity contribution in [1.29, 1.82) is 0 Å². The molecular weight excluding hydrogens is 278 g/mol. The van der Waals surface area contributed by atoms with E-state index in [4.69, 9.17) is 4.98 Å². The van der Waals surface area contributed by atoms with Gasteiger partial charge in [-0.05, 0) is 18.9 Å². The molecule has 0 unspecified atom stereocenters. The van der Waals surface area contributed by atoms with Crippen LogP contribution in [0.25, 0.3) is 22.2 Å². The molecule has 1 fully saturated rings. The smallest absolute Gasteiger partial charge is 0.183 e. The Bertz CT molecular complexity index is 737. The Kier molecular flexibility index (Phi) is 3.39. The molecule has 2 N–H and O–H groups in total. The number of aromatic amines is 1. The van der Waals surface area contributed by atoms with Crippen LogP contribution in [0.2, 0.25) is 0 Å². The molecule has 4 heteroatoms. The van der Waals surface area contributed by atoms with Crippen LogP contribution in [0.4, 0.5) is 5.13 Å². The van der Waals surface area contributed by atoms with Gasteiger partial charge in [0.05, 0.1) is 5.69 Å². The lowest BCUT2D eigenvalue weighted by Gasteiger charge is -2.22. The number of benzene rings is 1. The van der Waals surface area contributed by atoms with Crippen molar-refractivity contribution in [3.8, 4) is 11.3 Å². The van der Waals surface area contributed by atoms with E-state index in [0.29, 0.717) is 6.04 Å². The summed E-state index contributed by atoms with van der Waals surface area (Å²) in [5, 5.41) is 8.06.